The maximum Gasteiger partial charge on any atom is 0.303 e. The largest absolute Gasteiger partial charge is 0.496 e. The number of methoxy groups -OCH3 is 1. The first kappa shape index (κ1) is 20.0. The molecule has 1 aromatic carbocycles. The number of carbonyl (C=O) groups is 2. The van der Waals surface area contributed by atoms with Crippen LogP contribution in [0.25, 0.3) is 0 Å². The molecule has 25 heavy (non-hydrogen) atoms. The molecule has 0 bridgehead atoms. The maximum absolute atomic E-state index is 11.9. The lowest BCUT2D eigenvalue weighted by Gasteiger charge is -2.08. The van der Waals surface area contributed by atoms with Crippen molar-refractivity contribution in [3.8, 4) is 11.8 Å². The van der Waals surface area contributed by atoms with Crippen LogP contribution in [0, 0.1) is 11.3 Å². The van der Waals surface area contributed by atoms with E-state index in [-0.39, 0.29) is 12.0 Å². The number of rotatable bonds is 11. The Bertz CT molecular complexity index is 650. The monoisotopic (exact) mass is 345 g/mol. The van der Waals surface area contributed by atoms with Crippen LogP contribution in [0.1, 0.15) is 31.2 Å². The highest BCUT2D eigenvalue weighted by molar-refractivity contribution is 5.97. The molecule has 0 heterocycles. The van der Waals surface area contributed by atoms with Gasteiger partial charge in [0.1, 0.15) is 17.4 Å². The van der Waals surface area contributed by atoms with E-state index in [0.29, 0.717) is 32.4 Å². The average molecular weight is 345 g/mol. The molecule has 0 fully saturated rings. The molecule has 0 aliphatic rings. The fourth-order valence-corrected chi connectivity index (χ4v) is 2.14. The van der Waals surface area contributed by atoms with Crippen molar-refractivity contribution in [1.82, 2.24) is 10.6 Å². The highest BCUT2D eigenvalue weighted by Gasteiger charge is 2.08. The van der Waals surface area contributed by atoms with Gasteiger partial charge in [0, 0.05) is 31.3 Å². The number of ether oxygens (including phenoxy) is 1. The van der Waals surface area contributed by atoms with Gasteiger partial charge in [0.25, 0.3) is 5.91 Å². The molecule has 0 radical (unpaired) electrons. The number of carbonyl (C=O) groups excluding carboxylic acids is 1. The molecule has 1 rings (SSSR count). The first-order valence-electron chi connectivity index (χ1n) is 8.04. The molecule has 134 valence electrons. The molecule has 1 amide bonds. The first-order valence-corrected chi connectivity index (χ1v) is 8.04. The topological polar surface area (TPSA) is 111 Å². The lowest BCUT2D eigenvalue weighted by Crippen LogP contribution is -2.26. The van der Waals surface area contributed by atoms with Gasteiger partial charge in [-0.1, -0.05) is 24.6 Å². The zero-order valence-corrected chi connectivity index (χ0v) is 14.2. The van der Waals surface area contributed by atoms with Crippen LogP contribution in [0.2, 0.25) is 0 Å². The zero-order chi connectivity index (χ0) is 18.5. The SMILES string of the molecule is COc1ccccc1CN/C=C(/C#N)C(=O)NCCCCCC(=O)O. The van der Waals surface area contributed by atoms with Crippen molar-refractivity contribution in [3.05, 3.63) is 41.6 Å². The van der Waals surface area contributed by atoms with Crippen LogP contribution in [-0.2, 0) is 16.1 Å². The quantitative estimate of drug-likeness (QED) is 0.321. The van der Waals surface area contributed by atoms with E-state index in [1.807, 2.05) is 30.3 Å². The summed E-state index contributed by atoms with van der Waals surface area (Å²) in [5, 5.41) is 23.2. The number of para-hydroxylation sites is 1. The minimum Gasteiger partial charge on any atom is -0.496 e. The Balaban J connectivity index is 2.38. The second-order valence-electron chi connectivity index (χ2n) is 5.32. The van der Waals surface area contributed by atoms with Gasteiger partial charge in [-0.3, -0.25) is 9.59 Å². The number of benzene rings is 1. The van der Waals surface area contributed by atoms with Crippen LogP contribution in [0.5, 0.6) is 5.75 Å². The summed E-state index contributed by atoms with van der Waals surface area (Å²) in [7, 11) is 1.58. The normalized spacial score (nSPS) is 10.6. The Morgan fingerprint density at radius 3 is 2.72 bits per heavy atom. The first-order chi connectivity index (χ1) is 12.1. The lowest BCUT2D eigenvalue weighted by atomic mass is 10.2. The van der Waals surface area contributed by atoms with Gasteiger partial charge in [0.15, 0.2) is 0 Å². The number of carboxylic acid groups (broad SMARTS) is 1. The fraction of sp³-hybridized carbons (Fsp3) is 0.389. The van der Waals surface area contributed by atoms with Gasteiger partial charge in [-0.2, -0.15) is 5.26 Å². The zero-order valence-electron chi connectivity index (χ0n) is 14.2. The number of amides is 1. The van der Waals surface area contributed by atoms with Gasteiger partial charge in [-0.15, -0.1) is 0 Å². The summed E-state index contributed by atoms with van der Waals surface area (Å²) < 4.78 is 5.23. The van der Waals surface area contributed by atoms with Crippen LogP contribution >= 0.6 is 0 Å². The number of hydrogen-bond donors (Lipinski definition) is 3. The van der Waals surface area contributed by atoms with Gasteiger partial charge in [-0.25, -0.2) is 0 Å². The Kier molecular flexibility index (Phi) is 9.23. The van der Waals surface area contributed by atoms with Crippen molar-refractivity contribution < 1.29 is 19.4 Å². The van der Waals surface area contributed by atoms with Crippen molar-refractivity contribution in [2.75, 3.05) is 13.7 Å². The second kappa shape index (κ2) is 11.5. The molecule has 0 aliphatic carbocycles. The molecule has 3 N–H and O–H groups in total. The molecule has 0 saturated heterocycles. The van der Waals surface area contributed by atoms with E-state index in [4.69, 9.17) is 15.1 Å². The summed E-state index contributed by atoms with van der Waals surface area (Å²) in [4.78, 5) is 22.3. The van der Waals surface area contributed by atoms with Crippen molar-refractivity contribution >= 4 is 11.9 Å². The van der Waals surface area contributed by atoms with E-state index >= 15 is 0 Å². The summed E-state index contributed by atoms with van der Waals surface area (Å²) in [5.74, 6) is -0.541. The highest BCUT2D eigenvalue weighted by atomic mass is 16.5. The van der Waals surface area contributed by atoms with Crippen LogP contribution < -0.4 is 15.4 Å². The van der Waals surface area contributed by atoms with E-state index in [2.05, 4.69) is 10.6 Å². The Labute approximate surface area is 147 Å². The highest BCUT2D eigenvalue weighted by Crippen LogP contribution is 2.16. The van der Waals surface area contributed by atoms with Crippen molar-refractivity contribution in [3.63, 3.8) is 0 Å². The molecule has 0 unspecified atom stereocenters. The maximum atomic E-state index is 11.9. The van der Waals surface area contributed by atoms with Crippen molar-refractivity contribution in [1.29, 1.82) is 5.26 Å². The summed E-state index contributed by atoms with van der Waals surface area (Å²) in [5.41, 5.74) is 0.901. The number of carboxylic acids is 1. The van der Waals surface area contributed by atoms with Crippen molar-refractivity contribution in [2.24, 2.45) is 0 Å². The molecule has 0 saturated carbocycles. The number of aliphatic carboxylic acids is 1. The van der Waals surface area contributed by atoms with E-state index < -0.39 is 11.9 Å². The predicted octanol–water partition coefficient (Wildman–Crippen LogP) is 1.95. The molecule has 0 aromatic heterocycles. The number of nitrogens with zero attached hydrogens (tertiary/aromatic N) is 1. The summed E-state index contributed by atoms with van der Waals surface area (Å²) in [6.45, 7) is 0.835. The van der Waals surface area contributed by atoms with E-state index in [1.54, 1.807) is 7.11 Å². The minimum absolute atomic E-state index is 0.0135. The molecular formula is C18H23N3O4. The Hall–Kier alpha value is -3.01. The summed E-state index contributed by atoms with van der Waals surface area (Å²) in [6, 6.07) is 9.33. The summed E-state index contributed by atoms with van der Waals surface area (Å²) >= 11 is 0. The van der Waals surface area contributed by atoms with Gasteiger partial charge in [0.2, 0.25) is 0 Å². The Morgan fingerprint density at radius 2 is 2.04 bits per heavy atom. The smallest absolute Gasteiger partial charge is 0.303 e. The predicted molar refractivity (Wildman–Crippen MR) is 92.6 cm³/mol. The van der Waals surface area contributed by atoms with Crippen LogP contribution in [0.4, 0.5) is 0 Å². The van der Waals surface area contributed by atoms with E-state index in [1.165, 1.54) is 6.20 Å². The second-order valence-corrected chi connectivity index (χ2v) is 5.32. The van der Waals surface area contributed by atoms with Crippen LogP contribution in [-0.4, -0.2) is 30.6 Å². The molecule has 0 spiro atoms. The van der Waals surface area contributed by atoms with Crippen molar-refractivity contribution in [2.45, 2.75) is 32.2 Å². The molecule has 7 nitrogen and oxygen atoms in total. The minimum atomic E-state index is -0.820. The molecule has 7 heteroatoms. The number of nitriles is 1. The Morgan fingerprint density at radius 1 is 1.28 bits per heavy atom. The van der Waals surface area contributed by atoms with E-state index in [9.17, 15) is 9.59 Å². The van der Waals surface area contributed by atoms with Gasteiger partial charge in [-0.05, 0) is 18.9 Å². The van der Waals surface area contributed by atoms with Gasteiger partial charge >= 0.3 is 5.97 Å². The van der Waals surface area contributed by atoms with Crippen LogP contribution in [0.15, 0.2) is 36.0 Å². The lowest BCUT2D eigenvalue weighted by molar-refractivity contribution is -0.137. The number of unbranched alkanes of at least 4 members (excludes halogenated alkanes) is 2. The third-order valence-electron chi connectivity index (χ3n) is 3.45. The molecular weight excluding hydrogens is 322 g/mol. The standard InChI is InChI=1S/C18H23N3O4/c1-25-16-8-5-4-7-14(16)12-20-13-15(11-19)18(24)21-10-6-2-3-9-17(22)23/h4-5,7-8,13,20H,2-3,6,9-10,12H2,1H3,(H,21,24)(H,22,23)/b15-13-. The number of nitrogens with one attached hydrogen (secondary N) is 2. The number of hydrogen-bond acceptors (Lipinski definition) is 5. The van der Waals surface area contributed by atoms with Gasteiger partial charge in [0.05, 0.1) is 7.11 Å². The molecule has 0 aliphatic heterocycles. The van der Waals surface area contributed by atoms with Gasteiger partial charge < -0.3 is 20.5 Å². The third-order valence-corrected chi connectivity index (χ3v) is 3.45. The summed E-state index contributed by atoms with van der Waals surface area (Å²) in [6.07, 6.45) is 3.47. The van der Waals surface area contributed by atoms with E-state index in [0.717, 1.165) is 11.3 Å². The third kappa shape index (κ3) is 7.88. The average Bonchev–Trinajstić information content (AvgIpc) is 2.61. The molecule has 1 aromatic rings. The molecule has 0 atom stereocenters. The fourth-order valence-electron chi connectivity index (χ4n) is 2.14. The van der Waals surface area contributed by atoms with Crippen LogP contribution in [0.3, 0.4) is 0 Å².